The van der Waals surface area contributed by atoms with Crippen molar-refractivity contribution in [2.75, 3.05) is 0 Å². The van der Waals surface area contributed by atoms with E-state index in [1.165, 1.54) is 12.1 Å². The fourth-order valence-electron chi connectivity index (χ4n) is 1.63. The number of hydrogen-bond acceptors (Lipinski definition) is 2. The first kappa shape index (κ1) is 11.5. The Bertz CT molecular complexity index is 537. The minimum Gasteiger partial charge on any atom is -0.294 e. The summed E-state index contributed by atoms with van der Waals surface area (Å²) in [7, 11) is 0. The van der Waals surface area contributed by atoms with Crippen molar-refractivity contribution >= 4 is 5.78 Å². The summed E-state index contributed by atoms with van der Waals surface area (Å²) >= 11 is 0. The molecule has 1 aromatic carbocycles. The van der Waals surface area contributed by atoms with Gasteiger partial charge in [-0.2, -0.15) is 0 Å². The molecule has 86 valence electrons. The smallest absolute Gasteiger partial charge is 0.170 e. The fraction of sp³-hybridized carbons (Fsp3) is 0.143. The van der Waals surface area contributed by atoms with Gasteiger partial charge in [0.2, 0.25) is 0 Å². The molecule has 3 heteroatoms. The summed E-state index contributed by atoms with van der Waals surface area (Å²) in [6.45, 7) is 1.79. The maximum atomic E-state index is 13.6. The Morgan fingerprint density at radius 3 is 2.82 bits per heavy atom. The third kappa shape index (κ3) is 2.75. The molecule has 17 heavy (non-hydrogen) atoms. The Balaban J connectivity index is 2.21. The third-order valence-electron chi connectivity index (χ3n) is 2.51. The van der Waals surface area contributed by atoms with Crippen molar-refractivity contribution in [3.8, 4) is 0 Å². The van der Waals surface area contributed by atoms with Gasteiger partial charge in [0.05, 0.1) is 5.56 Å². The largest absolute Gasteiger partial charge is 0.294 e. The molecular formula is C14H12FNO. The van der Waals surface area contributed by atoms with Crippen LogP contribution in [-0.2, 0) is 6.42 Å². The molecule has 0 saturated heterocycles. The van der Waals surface area contributed by atoms with Crippen LogP contribution in [0.5, 0.6) is 0 Å². The van der Waals surface area contributed by atoms with Crippen molar-refractivity contribution in [1.29, 1.82) is 0 Å². The van der Waals surface area contributed by atoms with E-state index in [4.69, 9.17) is 0 Å². The number of nitrogens with zero attached hydrogens (tertiary/aromatic N) is 1. The van der Waals surface area contributed by atoms with Gasteiger partial charge in [0.15, 0.2) is 5.78 Å². The molecule has 0 aliphatic rings. The van der Waals surface area contributed by atoms with Gasteiger partial charge < -0.3 is 0 Å². The van der Waals surface area contributed by atoms with E-state index < -0.39 is 5.82 Å². The highest BCUT2D eigenvalue weighted by Crippen LogP contribution is 2.13. The van der Waals surface area contributed by atoms with E-state index in [9.17, 15) is 9.18 Å². The zero-order valence-corrected chi connectivity index (χ0v) is 9.48. The summed E-state index contributed by atoms with van der Waals surface area (Å²) in [5, 5.41) is 0. The Labute approximate surface area is 99.1 Å². The molecule has 0 unspecified atom stereocenters. The lowest BCUT2D eigenvalue weighted by molar-refractivity contribution is 0.0989. The maximum absolute atomic E-state index is 13.6. The number of ketones is 1. The van der Waals surface area contributed by atoms with E-state index in [0.29, 0.717) is 0 Å². The summed E-state index contributed by atoms with van der Waals surface area (Å²) in [6.07, 6.45) is 3.43. The van der Waals surface area contributed by atoms with Crippen molar-refractivity contribution in [2.24, 2.45) is 0 Å². The summed E-state index contributed by atoms with van der Waals surface area (Å²) in [4.78, 5) is 15.8. The molecule has 0 atom stereocenters. The van der Waals surface area contributed by atoms with Crippen LogP contribution in [-0.4, -0.2) is 10.8 Å². The predicted molar refractivity (Wildman–Crippen MR) is 63.4 cm³/mol. The van der Waals surface area contributed by atoms with Crippen LogP contribution in [0.15, 0.2) is 42.7 Å². The molecule has 0 aliphatic heterocycles. The first-order valence-electron chi connectivity index (χ1n) is 5.35. The highest BCUT2D eigenvalue weighted by Gasteiger charge is 2.12. The van der Waals surface area contributed by atoms with Crippen molar-refractivity contribution in [2.45, 2.75) is 13.3 Å². The van der Waals surface area contributed by atoms with Gasteiger partial charge in [0, 0.05) is 18.8 Å². The summed E-state index contributed by atoms with van der Waals surface area (Å²) in [5.74, 6) is -0.686. The van der Waals surface area contributed by atoms with Crippen LogP contribution >= 0.6 is 0 Å². The Hall–Kier alpha value is -2.03. The first-order valence-corrected chi connectivity index (χ1v) is 5.35. The van der Waals surface area contributed by atoms with E-state index in [-0.39, 0.29) is 17.8 Å². The minimum absolute atomic E-state index is 0.138. The molecule has 0 spiro atoms. The van der Waals surface area contributed by atoms with Crippen LogP contribution in [0.2, 0.25) is 0 Å². The quantitative estimate of drug-likeness (QED) is 0.757. The number of aryl methyl sites for hydroxylation is 1. The van der Waals surface area contributed by atoms with E-state index in [1.54, 1.807) is 37.5 Å². The number of Topliss-reactive ketones (excluding diaryl/α,β-unsaturated/α-hetero) is 1. The number of rotatable bonds is 3. The zero-order valence-electron chi connectivity index (χ0n) is 9.48. The lowest BCUT2D eigenvalue weighted by Crippen LogP contribution is -2.06. The van der Waals surface area contributed by atoms with Crippen molar-refractivity contribution in [3.05, 3.63) is 65.2 Å². The molecule has 2 nitrogen and oxygen atoms in total. The molecule has 0 radical (unpaired) electrons. The maximum Gasteiger partial charge on any atom is 0.170 e. The van der Waals surface area contributed by atoms with E-state index in [0.717, 1.165) is 11.1 Å². The fourth-order valence-corrected chi connectivity index (χ4v) is 1.63. The van der Waals surface area contributed by atoms with Gasteiger partial charge in [0.25, 0.3) is 0 Å². The van der Waals surface area contributed by atoms with Crippen LogP contribution in [0.4, 0.5) is 4.39 Å². The van der Waals surface area contributed by atoms with E-state index in [1.807, 2.05) is 0 Å². The van der Waals surface area contributed by atoms with Gasteiger partial charge in [-0.25, -0.2) is 4.39 Å². The molecule has 0 saturated carbocycles. The standard InChI is InChI=1S/C14H12FNO/c1-10-4-5-12(13(15)7-10)14(17)8-11-3-2-6-16-9-11/h2-7,9H,8H2,1H3. The van der Waals surface area contributed by atoms with Crippen LogP contribution in [0.25, 0.3) is 0 Å². The number of aromatic nitrogens is 1. The first-order chi connectivity index (χ1) is 8.16. The summed E-state index contributed by atoms with van der Waals surface area (Å²) in [5.41, 5.74) is 1.73. The summed E-state index contributed by atoms with van der Waals surface area (Å²) in [6, 6.07) is 8.20. The summed E-state index contributed by atoms with van der Waals surface area (Å²) < 4.78 is 13.6. The number of benzene rings is 1. The van der Waals surface area contributed by atoms with Gasteiger partial charge in [0.1, 0.15) is 5.82 Å². The van der Waals surface area contributed by atoms with Crippen molar-refractivity contribution < 1.29 is 9.18 Å². The van der Waals surface area contributed by atoms with Crippen LogP contribution < -0.4 is 0 Å². The number of carbonyl (C=O) groups is 1. The predicted octanol–water partition coefficient (Wildman–Crippen LogP) is 2.95. The highest BCUT2D eigenvalue weighted by atomic mass is 19.1. The van der Waals surface area contributed by atoms with Gasteiger partial charge in [-0.15, -0.1) is 0 Å². The minimum atomic E-state index is -0.459. The second-order valence-corrected chi connectivity index (χ2v) is 3.94. The van der Waals surface area contributed by atoms with Crippen molar-refractivity contribution in [1.82, 2.24) is 4.98 Å². The lowest BCUT2D eigenvalue weighted by atomic mass is 10.0. The zero-order chi connectivity index (χ0) is 12.3. The topological polar surface area (TPSA) is 30.0 Å². The SMILES string of the molecule is Cc1ccc(C(=O)Cc2cccnc2)c(F)c1. The highest BCUT2D eigenvalue weighted by molar-refractivity contribution is 5.97. The number of hydrogen-bond donors (Lipinski definition) is 0. The Morgan fingerprint density at radius 1 is 1.35 bits per heavy atom. The second-order valence-electron chi connectivity index (χ2n) is 3.94. The van der Waals surface area contributed by atoms with Gasteiger partial charge in [-0.3, -0.25) is 9.78 Å². The van der Waals surface area contributed by atoms with E-state index in [2.05, 4.69) is 4.98 Å². The van der Waals surface area contributed by atoms with Gasteiger partial charge in [-0.05, 0) is 36.2 Å². The Kier molecular flexibility index (Phi) is 3.28. The average Bonchev–Trinajstić information content (AvgIpc) is 2.30. The Morgan fingerprint density at radius 2 is 2.18 bits per heavy atom. The second kappa shape index (κ2) is 4.87. The van der Waals surface area contributed by atoms with Gasteiger partial charge >= 0.3 is 0 Å². The van der Waals surface area contributed by atoms with E-state index >= 15 is 0 Å². The molecule has 0 bridgehead atoms. The molecule has 1 heterocycles. The molecule has 0 amide bonds. The molecule has 2 rings (SSSR count). The molecule has 0 fully saturated rings. The number of halogens is 1. The van der Waals surface area contributed by atoms with Crippen molar-refractivity contribution in [3.63, 3.8) is 0 Å². The molecule has 0 N–H and O–H groups in total. The molecule has 2 aromatic rings. The third-order valence-corrected chi connectivity index (χ3v) is 2.51. The number of carbonyl (C=O) groups excluding carboxylic acids is 1. The van der Waals surface area contributed by atoms with Crippen LogP contribution in [0, 0.1) is 12.7 Å². The average molecular weight is 229 g/mol. The molecular weight excluding hydrogens is 217 g/mol. The monoisotopic (exact) mass is 229 g/mol. The molecule has 0 aliphatic carbocycles. The van der Waals surface area contributed by atoms with Crippen LogP contribution in [0.1, 0.15) is 21.5 Å². The van der Waals surface area contributed by atoms with Crippen LogP contribution in [0.3, 0.4) is 0 Å². The number of pyridine rings is 1. The normalized spacial score (nSPS) is 10.2. The lowest BCUT2D eigenvalue weighted by Gasteiger charge is -2.03. The molecule has 1 aromatic heterocycles. The van der Waals surface area contributed by atoms with Gasteiger partial charge in [-0.1, -0.05) is 12.1 Å².